The summed E-state index contributed by atoms with van der Waals surface area (Å²) in [7, 11) is 0. The van der Waals surface area contributed by atoms with Crippen LogP contribution in [0.5, 0.6) is 0 Å². The number of hydrogen-bond donors (Lipinski definition) is 5. The van der Waals surface area contributed by atoms with Gasteiger partial charge in [0.2, 0.25) is 5.91 Å². The zero-order chi connectivity index (χ0) is 18.1. The Labute approximate surface area is 155 Å². The molecule has 9 heteroatoms. The second-order valence-corrected chi connectivity index (χ2v) is 6.99. The molecule has 5 N–H and O–H groups in total. The first-order chi connectivity index (χ1) is 12.0. The van der Waals surface area contributed by atoms with Crippen molar-refractivity contribution in [3.63, 3.8) is 0 Å². The Morgan fingerprint density at radius 3 is 2.60 bits per heavy atom. The van der Waals surface area contributed by atoms with Gasteiger partial charge in [0.25, 0.3) is 5.91 Å². The van der Waals surface area contributed by atoms with Crippen LogP contribution in [-0.4, -0.2) is 35.4 Å². The van der Waals surface area contributed by atoms with E-state index in [1.807, 2.05) is 0 Å². The molecule has 0 bridgehead atoms. The smallest absolute Gasteiger partial charge is 0.315 e. The highest BCUT2D eigenvalue weighted by molar-refractivity contribution is 9.10. The molecule has 0 aromatic carbocycles. The van der Waals surface area contributed by atoms with Crippen LogP contribution in [-0.2, 0) is 4.79 Å². The third-order valence-electron chi connectivity index (χ3n) is 4.01. The molecule has 1 saturated carbocycles. The van der Waals surface area contributed by atoms with Crippen LogP contribution < -0.4 is 21.5 Å². The Balaban J connectivity index is 1.53. The van der Waals surface area contributed by atoms with E-state index in [2.05, 4.69) is 42.4 Å². The van der Waals surface area contributed by atoms with E-state index in [9.17, 15) is 14.4 Å². The molecule has 1 aliphatic carbocycles. The molecular formula is C16H24BrN5O3. The summed E-state index contributed by atoms with van der Waals surface area (Å²) >= 11 is 3.23. The first-order valence-corrected chi connectivity index (χ1v) is 9.31. The fraction of sp³-hybridized carbons (Fsp3) is 0.562. The van der Waals surface area contributed by atoms with Gasteiger partial charge in [-0.2, -0.15) is 0 Å². The van der Waals surface area contributed by atoms with E-state index >= 15 is 0 Å². The number of hydrazine groups is 1. The average Bonchev–Trinajstić information content (AvgIpc) is 3.04. The van der Waals surface area contributed by atoms with Crippen molar-refractivity contribution in [2.45, 2.75) is 51.0 Å². The lowest BCUT2D eigenvalue weighted by Gasteiger charge is -2.22. The maximum Gasteiger partial charge on any atom is 0.315 e. The lowest BCUT2D eigenvalue weighted by molar-refractivity contribution is -0.121. The van der Waals surface area contributed by atoms with E-state index < -0.39 is 5.91 Å². The summed E-state index contributed by atoms with van der Waals surface area (Å²) in [5.74, 6) is -0.738. The van der Waals surface area contributed by atoms with Gasteiger partial charge >= 0.3 is 6.03 Å². The van der Waals surface area contributed by atoms with Crippen molar-refractivity contribution >= 4 is 33.8 Å². The SMILES string of the molecule is O=C(CCCNC(=O)NC1CCCCC1)NNC(=O)c1cc(Br)c[nH]1. The third-order valence-corrected chi connectivity index (χ3v) is 4.47. The van der Waals surface area contributed by atoms with Crippen LogP contribution in [0.2, 0.25) is 0 Å². The van der Waals surface area contributed by atoms with E-state index in [0.29, 0.717) is 18.7 Å². The van der Waals surface area contributed by atoms with Crippen LogP contribution >= 0.6 is 15.9 Å². The molecule has 0 atom stereocenters. The predicted molar refractivity (Wildman–Crippen MR) is 96.7 cm³/mol. The number of urea groups is 1. The summed E-state index contributed by atoms with van der Waals surface area (Å²) < 4.78 is 0.751. The molecule has 0 radical (unpaired) electrons. The number of rotatable bonds is 6. The van der Waals surface area contributed by atoms with E-state index in [1.165, 1.54) is 6.42 Å². The minimum atomic E-state index is -0.427. The van der Waals surface area contributed by atoms with Crippen LogP contribution in [0.4, 0.5) is 4.79 Å². The highest BCUT2D eigenvalue weighted by Gasteiger charge is 2.15. The van der Waals surface area contributed by atoms with Crippen molar-refractivity contribution in [1.82, 2.24) is 26.5 Å². The summed E-state index contributed by atoms with van der Waals surface area (Å²) in [6.45, 7) is 0.406. The Morgan fingerprint density at radius 2 is 1.92 bits per heavy atom. The molecule has 2 rings (SSSR count). The number of hydrogen-bond acceptors (Lipinski definition) is 3. The van der Waals surface area contributed by atoms with Gasteiger partial charge in [0, 0.05) is 29.7 Å². The molecule has 138 valence electrons. The van der Waals surface area contributed by atoms with E-state index in [1.54, 1.807) is 12.3 Å². The molecule has 1 heterocycles. The van der Waals surface area contributed by atoms with Gasteiger partial charge in [-0.1, -0.05) is 19.3 Å². The average molecular weight is 414 g/mol. The lowest BCUT2D eigenvalue weighted by atomic mass is 9.96. The molecule has 0 unspecified atom stereocenters. The number of carbonyl (C=O) groups is 3. The monoisotopic (exact) mass is 413 g/mol. The highest BCUT2D eigenvalue weighted by atomic mass is 79.9. The van der Waals surface area contributed by atoms with Gasteiger partial charge in [0.1, 0.15) is 5.69 Å². The number of halogens is 1. The molecule has 1 aromatic rings. The Morgan fingerprint density at radius 1 is 1.16 bits per heavy atom. The first kappa shape index (κ1) is 19.3. The number of nitrogens with one attached hydrogen (secondary N) is 5. The fourth-order valence-corrected chi connectivity index (χ4v) is 3.03. The van der Waals surface area contributed by atoms with Crippen molar-refractivity contribution in [2.75, 3.05) is 6.54 Å². The first-order valence-electron chi connectivity index (χ1n) is 8.52. The Hall–Kier alpha value is -2.03. The van der Waals surface area contributed by atoms with Gasteiger partial charge in [0.15, 0.2) is 0 Å². The highest BCUT2D eigenvalue weighted by Crippen LogP contribution is 2.17. The zero-order valence-electron chi connectivity index (χ0n) is 14.0. The fourth-order valence-electron chi connectivity index (χ4n) is 2.69. The van der Waals surface area contributed by atoms with Gasteiger partial charge < -0.3 is 15.6 Å². The van der Waals surface area contributed by atoms with Gasteiger partial charge in [-0.05, 0) is 41.3 Å². The molecule has 1 fully saturated rings. The molecular weight excluding hydrogens is 390 g/mol. The van der Waals surface area contributed by atoms with Gasteiger partial charge in [-0.15, -0.1) is 0 Å². The van der Waals surface area contributed by atoms with Crippen molar-refractivity contribution in [1.29, 1.82) is 0 Å². The molecule has 8 nitrogen and oxygen atoms in total. The number of amides is 4. The standard InChI is InChI=1S/C16H24BrN5O3/c17-11-9-13(19-10-11)15(24)22-21-14(23)7-4-8-18-16(25)20-12-5-2-1-3-6-12/h9-10,12,19H,1-8H2,(H,21,23)(H,22,24)(H2,18,20,25). The second kappa shape index (κ2) is 10.1. The van der Waals surface area contributed by atoms with Crippen LogP contribution in [0.15, 0.2) is 16.7 Å². The van der Waals surface area contributed by atoms with Crippen molar-refractivity contribution in [2.24, 2.45) is 0 Å². The van der Waals surface area contributed by atoms with E-state index in [4.69, 9.17) is 0 Å². The molecule has 4 amide bonds. The van der Waals surface area contributed by atoms with Crippen LogP contribution in [0.1, 0.15) is 55.4 Å². The van der Waals surface area contributed by atoms with Crippen LogP contribution in [0.25, 0.3) is 0 Å². The summed E-state index contributed by atoms with van der Waals surface area (Å²) in [6, 6.07) is 1.69. The summed E-state index contributed by atoms with van der Waals surface area (Å²) in [5.41, 5.74) is 5.01. The third kappa shape index (κ3) is 7.16. The van der Waals surface area contributed by atoms with Crippen LogP contribution in [0.3, 0.4) is 0 Å². The molecule has 1 aliphatic rings. The molecule has 25 heavy (non-hydrogen) atoms. The molecule has 0 saturated heterocycles. The lowest BCUT2D eigenvalue weighted by Crippen LogP contribution is -2.44. The summed E-state index contributed by atoms with van der Waals surface area (Å²) in [4.78, 5) is 37.9. The van der Waals surface area contributed by atoms with E-state index in [0.717, 1.165) is 30.2 Å². The maximum absolute atomic E-state index is 11.7. The van der Waals surface area contributed by atoms with Gasteiger partial charge in [-0.3, -0.25) is 20.4 Å². The van der Waals surface area contributed by atoms with Crippen molar-refractivity contribution in [3.05, 3.63) is 22.4 Å². The Kier molecular flexibility index (Phi) is 7.77. The summed E-state index contributed by atoms with van der Waals surface area (Å²) in [6.07, 6.45) is 7.96. The normalized spacial score (nSPS) is 14.6. The quantitative estimate of drug-likeness (QED) is 0.362. The van der Waals surface area contributed by atoms with Crippen LogP contribution in [0, 0.1) is 0 Å². The minimum Gasteiger partial charge on any atom is -0.356 e. The van der Waals surface area contributed by atoms with Gasteiger partial charge in [-0.25, -0.2) is 4.79 Å². The zero-order valence-corrected chi connectivity index (χ0v) is 15.6. The predicted octanol–water partition coefficient (Wildman–Crippen LogP) is 1.95. The number of carbonyl (C=O) groups excluding carboxylic acids is 3. The summed E-state index contributed by atoms with van der Waals surface area (Å²) in [5, 5.41) is 5.70. The number of aromatic amines is 1. The van der Waals surface area contributed by atoms with Crippen molar-refractivity contribution < 1.29 is 14.4 Å². The van der Waals surface area contributed by atoms with Gasteiger partial charge in [0.05, 0.1) is 0 Å². The Bertz CT molecular complexity index is 598. The minimum absolute atomic E-state index is 0.182. The second-order valence-electron chi connectivity index (χ2n) is 6.07. The molecule has 0 aliphatic heterocycles. The largest absolute Gasteiger partial charge is 0.356 e. The van der Waals surface area contributed by atoms with E-state index in [-0.39, 0.29) is 24.4 Å². The molecule has 0 spiro atoms. The molecule has 1 aromatic heterocycles. The topological polar surface area (TPSA) is 115 Å². The number of aromatic nitrogens is 1. The number of H-pyrrole nitrogens is 1. The maximum atomic E-state index is 11.7. The van der Waals surface area contributed by atoms with Crippen molar-refractivity contribution in [3.8, 4) is 0 Å².